The van der Waals surface area contributed by atoms with Gasteiger partial charge in [0.1, 0.15) is 23.8 Å². The Hall–Kier alpha value is -2.15. The number of aromatic nitrogens is 4. The number of imidazole rings is 1. The predicted octanol–water partition coefficient (Wildman–Crippen LogP) is 1.08. The number of aryl methyl sites for hydroxylation is 1. The Morgan fingerprint density at radius 1 is 1.35 bits per heavy atom. The zero-order valence-electron chi connectivity index (χ0n) is 12.2. The first-order valence-corrected chi connectivity index (χ1v) is 6.65. The monoisotopic (exact) mass is 275 g/mol. The number of anilines is 2. The second-order valence-corrected chi connectivity index (χ2v) is 4.73. The van der Waals surface area contributed by atoms with Gasteiger partial charge in [-0.25, -0.2) is 20.8 Å². The molecule has 2 aromatic heterocycles. The molecule has 3 N–H and O–H groups in total. The Bertz CT molecular complexity index is 564. The highest BCUT2D eigenvalue weighted by Gasteiger charge is 2.15. The van der Waals surface area contributed by atoms with Crippen molar-refractivity contribution in [1.29, 1.82) is 0 Å². The van der Waals surface area contributed by atoms with Crippen LogP contribution < -0.4 is 16.2 Å². The highest BCUT2D eigenvalue weighted by atomic mass is 15.3. The highest BCUT2D eigenvalue weighted by molar-refractivity contribution is 5.58. The number of hydrogen-bond acceptors (Lipinski definition) is 6. The topological polar surface area (TPSA) is 84.9 Å². The zero-order valence-corrected chi connectivity index (χ0v) is 12.2. The SMILES string of the molecule is CCCc1c(NN)ncnc1N(C)Cc1nccn1C. The summed E-state index contributed by atoms with van der Waals surface area (Å²) in [6.45, 7) is 2.80. The molecule has 0 saturated heterocycles. The Kier molecular flexibility index (Phi) is 4.52. The second-order valence-electron chi connectivity index (χ2n) is 4.73. The summed E-state index contributed by atoms with van der Waals surface area (Å²) >= 11 is 0. The molecule has 0 aromatic carbocycles. The van der Waals surface area contributed by atoms with Gasteiger partial charge in [-0.3, -0.25) is 0 Å². The van der Waals surface area contributed by atoms with E-state index in [1.54, 1.807) is 6.20 Å². The molecule has 0 amide bonds. The first-order chi connectivity index (χ1) is 9.67. The summed E-state index contributed by atoms with van der Waals surface area (Å²) in [5.74, 6) is 8.09. The van der Waals surface area contributed by atoms with Crippen molar-refractivity contribution < 1.29 is 0 Å². The van der Waals surface area contributed by atoms with Crippen LogP contribution in [0.2, 0.25) is 0 Å². The number of nitrogens with two attached hydrogens (primary N) is 1. The van der Waals surface area contributed by atoms with Gasteiger partial charge in [-0.2, -0.15) is 0 Å². The van der Waals surface area contributed by atoms with Crippen LogP contribution in [0.5, 0.6) is 0 Å². The van der Waals surface area contributed by atoms with E-state index in [4.69, 9.17) is 5.84 Å². The van der Waals surface area contributed by atoms with Crippen molar-refractivity contribution in [3.05, 3.63) is 30.1 Å². The maximum absolute atomic E-state index is 5.53. The van der Waals surface area contributed by atoms with Gasteiger partial charge in [0.15, 0.2) is 0 Å². The van der Waals surface area contributed by atoms with Crippen molar-refractivity contribution in [1.82, 2.24) is 19.5 Å². The van der Waals surface area contributed by atoms with E-state index in [0.29, 0.717) is 12.4 Å². The van der Waals surface area contributed by atoms with Crippen LogP contribution in [-0.4, -0.2) is 26.6 Å². The second kappa shape index (κ2) is 6.33. The van der Waals surface area contributed by atoms with Gasteiger partial charge in [-0.05, 0) is 6.42 Å². The van der Waals surface area contributed by atoms with Crippen LogP contribution in [0.4, 0.5) is 11.6 Å². The largest absolute Gasteiger partial charge is 0.352 e. The van der Waals surface area contributed by atoms with Crippen LogP contribution in [-0.2, 0) is 20.0 Å². The standard InChI is InChI=1S/C13H21N7/c1-4-5-10-12(18-14)16-9-17-13(10)20(3)8-11-15-6-7-19(11)2/h6-7,9H,4-5,8,14H2,1-3H3,(H,16,17,18). The van der Waals surface area contributed by atoms with E-state index >= 15 is 0 Å². The quantitative estimate of drug-likeness (QED) is 0.606. The molecule has 0 aliphatic carbocycles. The fraction of sp³-hybridized carbons (Fsp3) is 0.462. The molecule has 108 valence electrons. The molecule has 0 spiro atoms. The summed E-state index contributed by atoms with van der Waals surface area (Å²) in [4.78, 5) is 15.0. The molecule has 0 saturated carbocycles. The lowest BCUT2D eigenvalue weighted by Gasteiger charge is -2.22. The minimum atomic E-state index is 0.682. The molecule has 0 aliphatic rings. The van der Waals surface area contributed by atoms with E-state index < -0.39 is 0 Å². The normalized spacial score (nSPS) is 10.6. The Morgan fingerprint density at radius 2 is 2.15 bits per heavy atom. The van der Waals surface area contributed by atoms with Gasteiger partial charge in [-0.1, -0.05) is 13.3 Å². The minimum absolute atomic E-state index is 0.682. The van der Waals surface area contributed by atoms with Gasteiger partial charge in [0.25, 0.3) is 0 Å². The first kappa shape index (κ1) is 14.3. The minimum Gasteiger partial charge on any atom is -0.352 e. The molecule has 0 unspecified atom stereocenters. The van der Waals surface area contributed by atoms with Gasteiger partial charge in [-0.15, -0.1) is 0 Å². The fourth-order valence-electron chi connectivity index (χ4n) is 2.17. The zero-order chi connectivity index (χ0) is 14.5. The molecular weight excluding hydrogens is 254 g/mol. The van der Waals surface area contributed by atoms with Gasteiger partial charge in [0.05, 0.1) is 6.54 Å². The van der Waals surface area contributed by atoms with Crippen molar-refractivity contribution in [2.75, 3.05) is 17.4 Å². The van der Waals surface area contributed by atoms with E-state index in [1.807, 2.05) is 24.9 Å². The highest BCUT2D eigenvalue weighted by Crippen LogP contribution is 2.24. The molecule has 0 radical (unpaired) electrons. The average Bonchev–Trinajstić information content (AvgIpc) is 2.84. The Labute approximate surface area is 118 Å². The van der Waals surface area contributed by atoms with Crippen molar-refractivity contribution in [2.45, 2.75) is 26.3 Å². The van der Waals surface area contributed by atoms with E-state index in [-0.39, 0.29) is 0 Å². The molecule has 7 heteroatoms. The summed E-state index contributed by atoms with van der Waals surface area (Å²) in [5, 5.41) is 0. The van der Waals surface area contributed by atoms with E-state index in [1.165, 1.54) is 6.33 Å². The number of rotatable bonds is 6. The number of nitrogen functional groups attached to an aromatic ring is 1. The van der Waals surface area contributed by atoms with Crippen molar-refractivity contribution in [3.63, 3.8) is 0 Å². The Balaban J connectivity index is 2.29. The third-order valence-electron chi connectivity index (χ3n) is 3.22. The average molecular weight is 275 g/mol. The summed E-state index contributed by atoms with van der Waals surface area (Å²) in [5.41, 5.74) is 3.68. The van der Waals surface area contributed by atoms with Gasteiger partial charge in [0.2, 0.25) is 0 Å². The maximum atomic E-state index is 5.53. The molecule has 2 heterocycles. The van der Waals surface area contributed by atoms with Crippen LogP contribution in [0, 0.1) is 0 Å². The maximum Gasteiger partial charge on any atom is 0.148 e. The number of nitrogens with one attached hydrogen (secondary N) is 1. The van der Waals surface area contributed by atoms with Crippen LogP contribution in [0.25, 0.3) is 0 Å². The van der Waals surface area contributed by atoms with Crippen molar-refractivity contribution in [2.24, 2.45) is 12.9 Å². The molecule has 0 bridgehead atoms. The number of hydrazine groups is 1. The summed E-state index contributed by atoms with van der Waals surface area (Å²) < 4.78 is 2.00. The molecule has 2 rings (SSSR count). The van der Waals surface area contributed by atoms with Gasteiger partial charge < -0.3 is 14.9 Å². The molecule has 0 fully saturated rings. The van der Waals surface area contributed by atoms with E-state index in [2.05, 4.69) is 32.2 Å². The molecular formula is C13H21N7. The lowest BCUT2D eigenvalue weighted by atomic mass is 10.1. The molecule has 7 nitrogen and oxygen atoms in total. The third-order valence-corrected chi connectivity index (χ3v) is 3.22. The van der Waals surface area contributed by atoms with Gasteiger partial charge in [0, 0.05) is 32.1 Å². The lowest BCUT2D eigenvalue weighted by Crippen LogP contribution is -2.23. The van der Waals surface area contributed by atoms with Crippen molar-refractivity contribution >= 4 is 11.6 Å². The van der Waals surface area contributed by atoms with E-state index in [0.717, 1.165) is 30.0 Å². The number of nitrogens with zero attached hydrogens (tertiary/aromatic N) is 5. The van der Waals surface area contributed by atoms with Gasteiger partial charge >= 0.3 is 0 Å². The lowest BCUT2D eigenvalue weighted by molar-refractivity contribution is 0.747. The van der Waals surface area contributed by atoms with Crippen LogP contribution in [0.1, 0.15) is 24.7 Å². The van der Waals surface area contributed by atoms with E-state index in [9.17, 15) is 0 Å². The third kappa shape index (κ3) is 2.88. The summed E-state index contributed by atoms with van der Waals surface area (Å²) in [6.07, 6.45) is 7.14. The summed E-state index contributed by atoms with van der Waals surface area (Å²) in [6, 6.07) is 0. The summed E-state index contributed by atoms with van der Waals surface area (Å²) in [7, 11) is 3.98. The molecule has 2 aromatic rings. The fourth-order valence-corrected chi connectivity index (χ4v) is 2.17. The molecule has 0 atom stereocenters. The number of hydrogen-bond donors (Lipinski definition) is 2. The van der Waals surface area contributed by atoms with Crippen LogP contribution in [0.15, 0.2) is 18.7 Å². The first-order valence-electron chi connectivity index (χ1n) is 6.65. The van der Waals surface area contributed by atoms with Crippen molar-refractivity contribution in [3.8, 4) is 0 Å². The smallest absolute Gasteiger partial charge is 0.148 e. The molecule has 0 aliphatic heterocycles. The predicted molar refractivity (Wildman–Crippen MR) is 79.2 cm³/mol. The Morgan fingerprint density at radius 3 is 2.75 bits per heavy atom. The van der Waals surface area contributed by atoms with Crippen LogP contribution in [0.3, 0.4) is 0 Å². The van der Waals surface area contributed by atoms with Crippen LogP contribution >= 0.6 is 0 Å². The molecule has 20 heavy (non-hydrogen) atoms.